The molecule has 1 fully saturated rings. The Kier molecular flexibility index (Phi) is 7.29. The van der Waals surface area contributed by atoms with Crippen molar-refractivity contribution in [1.29, 1.82) is 0 Å². The smallest absolute Gasteiger partial charge is 0.128 e. The lowest BCUT2D eigenvalue weighted by Gasteiger charge is -2.26. The van der Waals surface area contributed by atoms with Crippen LogP contribution in [0.4, 0.5) is 11.4 Å². The zero-order chi connectivity index (χ0) is 25.3. The van der Waals surface area contributed by atoms with Crippen molar-refractivity contribution in [2.75, 3.05) is 11.5 Å². The third kappa shape index (κ3) is 5.91. The van der Waals surface area contributed by atoms with Gasteiger partial charge in [0.25, 0.3) is 0 Å². The molecular weight excluding hydrogens is 424 g/mol. The van der Waals surface area contributed by atoms with Crippen LogP contribution < -0.4 is 11.5 Å². The number of aromatic hydroxyl groups is 2. The lowest BCUT2D eigenvalue weighted by molar-refractivity contribution is 0.390. The van der Waals surface area contributed by atoms with Gasteiger partial charge in [0.05, 0.1) is 12.1 Å². The highest BCUT2D eigenvalue weighted by molar-refractivity contribution is 5.87. The summed E-state index contributed by atoms with van der Waals surface area (Å²) in [5.74, 6) is 0.446. The molecule has 0 radical (unpaired) electrons. The van der Waals surface area contributed by atoms with E-state index >= 15 is 0 Å². The average Bonchev–Trinajstić information content (AvgIpc) is 2.73. The molecule has 6 nitrogen and oxygen atoms in total. The minimum absolute atomic E-state index is 0.00536. The average molecular weight is 465 g/mol. The molecule has 34 heavy (non-hydrogen) atoms. The monoisotopic (exact) mass is 464 g/mol. The summed E-state index contributed by atoms with van der Waals surface area (Å²) in [6.07, 6.45) is 7.47. The predicted molar refractivity (Wildman–Crippen MR) is 144 cm³/mol. The SMILES string of the molecule is CC(C)(C)c1cc(N)cc(C=NC2CCCC[C@@H]2N=Cc2cc(N)cc(C(C)(C)C)c2O)c1O. The maximum atomic E-state index is 10.8. The van der Waals surface area contributed by atoms with E-state index in [1.165, 1.54) is 0 Å². The Morgan fingerprint density at radius 3 is 1.38 bits per heavy atom. The molecule has 0 spiro atoms. The second kappa shape index (κ2) is 9.69. The van der Waals surface area contributed by atoms with Crippen LogP contribution >= 0.6 is 0 Å². The highest BCUT2D eigenvalue weighted by Crippen LogP contribution is 2.36. The second-order valence-corrected chi connectivity index (χ2v) is 11.5. The maximum absolute atomic E-state index is 10.8. The number of nitrogens with two attached hydrogens (primary N) is 2. The molecule has 1 saturated carbocycles. The van der Waals surface area contributed by atoms with Gasteiger partial charge in [-0.15, -0.1) is 0 Å². The Bertz CT molecular complexity index is 1000. The van der Waals surface area contributed by atoms with E-state index < -0.39 is 0 Å². The van der Waals surface area contributed by atoms with Gasteiger partial charge in [-0.1, -0.05) is 54.4 Å². The summed E-state index contributed by atoms with van der Waals surface area (Å²) in [5.41, 5.74) is 15.8. The first-order valence-electron chi connectivity index (χ1n) is 12.1. The third-order valence-electron chi connectivity index (χ3n) is 6.44. The minimum Gasteiger partial charge on any atom is -0.507 e. The Hall–Kier alpha value is -3.02. The van der Waals surface area contributed by atoms with Gasteiger partial charge in [0.15, 0.2) is 0 Å². The van der Waals surface area contributed by atoms with Gasteiger partial charge >= 0.3 is 0 Å². The van der Waals surface area contributed by atoms with Crippen LogP contribution in [0.1, 0.15) is 89.5 Å². The molecule has 0 aromatic heterocycles. The van der Waals surface area contributed by atoms with Crippen LogP contribution in [0.15, 0.2) is 34.3 Å². The van der Waals surface area contributed by atoms with Crippen molar-refractivity contribution in [2.24, 2.45) is 9.98 Å². The summed E-state index contributed by atoms with van der Waals surface area (Å²) in [7, 11) is 0. The van der Waals surface area contributed by atoms with Crippen molar-refractivity contribution in [1.82, 2.24) is 0 Å². The fourth-order valence-electron chi connectivity index (χ4n) is 4.49. The highest BCUT2D eigenvalue weighted by atomic mass is 16.3. The van der Waals surface area contributed by atoms with Gasteiger partial charge in [-0.3, -0.25) is 9.98 Å². The molecule has 0 amide bonds. The number of nitrogen functional groups attached to an aromatic ring is 2. The molecule has 1 unspecified atom stereocenters. The maximum Gasteiger partial charge on any atom is 0.128 e. The third-order valence-corrected chi connectivity index (χ3v) is 6.44. The molecule has 0 heterocycles. The van der Waals surface area contributed by atoms with E-state index in [4.69, 9.17) is 21.5 Å². The van der Waals surface area contributed by atoms with Crippen LogP contribution in [0.3, 0.4) is 0 Å². The number of rotatable bonds is 4. The lowest BCUT2D eigenvalue weighted by Crippen LogP contribution is -2.27. The molecule has 3 rings (SSSR count). The first kappa shape index (κ1) is 25.6. The number of phenols is 2. The molecule has 2 aromatic carbocycles. The van der Waals surface area contributed by atoms with E-state index in [2.05, 4.69) is 0 Å². The molecule has 1 aliphatic carbocycles. The Morgan fingerprint density at radius 2 is 1.06 bits per heavy atom. The molecule has 184 valence electrons. The van der Waals surface area contributed by atoms with Crippen molar-refractivity contribution in [3.05, 3.63) is 46.5 Å². The van der Waals surface area contributed by atoms with Crippen molar-refractivity contribution >= 4 is 23.8 Å². The van der Waals surface area contributed by atoms with E-state index in [1.54, 1.807) is 24.6 Å². The zero-order valence-corrected chi connectivity index (χ0v) is 21.4. The van der Waals surface area contributed by atoms with Gasteiger partial charge in [0.2, 0.25) is 0 Å². The van der Waals surface area contributed by atoms with Crippen molar-refractivity contribution in [2.45, 2.75) is 90.1 Å². The summed E-state index contributed by atoms with van der Waals surface area (Å²) in [5, 5.41) is 21.7. The summed E-state index contributed by atoms with van der Waals surface area (Å²) in [6, 6.07) is 7.15. The topological polar surface area (TPSA) is 117 Å². The Balaban J connectivity index is 1.88. The summed E-state index contributed by atoms with van der Waals surface area (Å²) in [4.78, 5) is 9.66. The number of phenolic OH excluding ortho intramolecular Hbond substituents is 2. The first-order chi connectivity index (χ1) is 15.8. The van der Waals surface area contributed by atoms with Crippen LogP contribution in [0.2, 0.25) is 0 Å². The van der Waals surface area contributed by atoms with Gasteiger partial charge < -0.3 is 21.7 Å². The van der Waals surface area contributed by atoms with Crippen LogP contribution in [-0.2, 0) is 10.8 Å². The van der Waals surface area contributed by atoms with Crippen molar-refractivity contribution in [3.8, 4) is 11.5 Å². The van der Waals surface area contributed by atoms with Crippen LogP contribution in [-0.4, -0.2) is 34.7 Å². The van der Waals surface area contributed by atoms with Gasteiger partial charge in [-0.05, 0) is 47.9 Å². The fraction of sp³-hybridized carbons (Fsp3) is 0.500. The summed E-state index contributed by atoms with van der Waals surface area (Å²) >= 11 is 0. The first-order valence-corrected chi connectivity index (χ1v) is 12.1. The number of aliphatic imine (C=N–C) groups is 2. The van der Waals surface area contributed by atoms with Crippen LogP contribution in [0.25, 0.3) is 0 Å². The number of anilines is 2. The molecule has 0 aliphatic heterocycles. The van der Waals surface area contributed by atoms with E-state index in [1.807, 2.05) is 53.7 Å². The largest absolute Gasteiger partial charge is 0.507 e. The van der Waals surface area contributed by atoms with Crippen molar-refractivity contribution < 1.29 is 10.2 Å². The van der Waals surface area contributed by atoms with E-state index in [-0.39, 0.29) is 34.4 Å². The normalized spacial score (nSPS) is 19.8. The van der Waals surface area contributed by atoms with Gasteiger partial charge in [0.1, 0.15) is 11.5 Å². The highest BCUT2D eigenvalue weighted by Gasteiger charge is 2.25. The standard InChI is InChI=1S/C28H40N4O2/c1-27(2,3)21-13-19(29)11-17(25(21)33)15-31-23-9-7-8-10-24(23)32-16-18-12-20(30)14-22(26(18)34)28(4,5)6/h11-16,23-24,33-34H,7-10,29-30H2,1-6H3/t23-,24?/m0/s1. The fourth-order valence-corrected chi connectivity index (χ4v) is 4.49. The van der Waals surface area contributed by atoms with Gasteiger partial charge in [0, 0.05) is 46.1 Å². The van der Waals surface area contributed by atoms with Crippen molar-refractivity contribution in [3.63, 3.8) is 0 Å². The van der Waals surface area contributed by atoms with Crippen LogP contribution in [0, 0.1) is 0 Å². The molecule has 0 saturated heterocycles. The molecule has 6 N–H and O–H groups in total. The lowest BCUT2D eigenvalue weighted by atomic mass is 9.85. The summed E-state index contributed by atoms with van der Waals surface area (Å²) < 4.78 is 0. The Morgan fingerprint density at radius 1 is 0.706 bits per heavy atom. The predicted octanol–water partition coefficient (Wildman–Crippen LogP) is 5.71. The second-order valence-electron chi connectivity index (χ2n) is 11.5. The Labute approximate surface area is 203 Å². The van der Waals surface area contributed by atoms with Crippen LogP contribution in [0.5, 0.6) is 11.5 Å². The van der Waals surface area contributed by atoms with E-state index in [0.717, 1.165) is 36.8 Å². The molecule has 6 heteroatoms. The number of hydrogen-bond donors (Lipinski definition) is 4. The van der Waals surface area contributed by atoms with E-state index in [0.29, 0.717) is 22.5 Å². The summed E-state index contributed by atoms with van der Waals surface area (Å²) in [6.45, 7) is 12.3. The molecule has 2 atom stereocenters. The number of benzene rings is 2. The van der Waals surface area contributed by atoms with Gasteiger partial charge in [-0.2, -0.15) is 0 Å². The molecule has 2 aromatic rings. The molecule has 0 bridgehead atoms. The molecular formula is C28H40N4O2. The van der Waals surface area contributed by atoms with Gasteiger partial charge in [-0.25, -0.2) is 0 Å². The van der Waals surface area contributed by atoms with E-state index in [9.17, 15) is 10.2 Å². The zero-order valence-electron chi connectivity index (χ0n) is 21.4. The number of nitrogens with zero attached hydrogens (tertiary/aromatic N) is 2. The molecule has 1 aliphatic rings. The quantitative estimate of drug-likeness (QED) is 0.263. The minimum atomic E-state index is -0.231. The number of hydrogen-bond acceptors (Lipinski definition) is 6.